The second kappa shape index (κ2) is 12.0. The Morgan fingerprint density at radius 2 is 1.88 bits per heavy atom. The largest absolute Gasteiger partial charge is 0.450 e. The molecule has 15 heteroatoms. The summed E-state index contributed by atoms with van der Waals surface area (Å²) in [5, 5.41) is 4.52. The van der Waals surface area contributed by atoms with Crippen molar-refractivity contribution in [2.24, 2.45) is 0 Å². The predicted octanol–water partition coefficient (Wildman–Crippen LogP) is 6.03. The summed E-state index contributed by atoms with van der Waals surface area (Å²) in [6.07, 6.45) is -1.74. The fourth-order valence-electron chi connectivity index (χ4n) is 5.04. The lowest BCUT2D eigenvalue weighted by molar-refractivity contribution is -0.220. The SMILES string of the molecule is C[Si](C)(C)CCOCn1cc(C(F)(F)F)c2c(Oc3c(F)cc(NC(=O)NCCN4CC5(CCO5)C4)cc3F)ccnc21. The predicted molar refractivity (Wildman–Crippen MR) is 152 cm³/mol. The molecule has 0 bridgehead atoms. The van der Waals surface area contributed by atoms with E-state index in [9.17, 15) is 26.7 Å². The van der Waals surface area contributed by atoms with Gasteiger partial charge in [-0.1, -0.05) is 19.6 Å². The van der Waals surface area contributed by atoms with Gasteiger partial charge in [-0.2, -0.15) is 13.2 Å². The number of aromatic nitrogens is 2. The molecule has 2 fully saturated rings. The molecule has 1 aromatic carbocycles. The van der Waals surface area contributed by atoms with Crippen LogP contribution in [0.3, 0.4) is 0 Å². The lowest BCUT2D eigenvalue weighted by Gasteiger charge is -2.55. The van der Waals surface area contributed by atoms with Gasteiger partial charge in [0.05, 0.1) is 23.2 Å². The van der Waals surface area contributed by atoms with Gasteiger partial charge in [0.2, 0.25) is 0 Å². The number of benzene rings is 1. The highest BCUT2D eigenvalue weighted by Crippen LogP contribution is 2.42. The first-order valence-corrected chi connectivity index (χ1v) is 17.6. The number of carbonyl (C=O) groups is 1. The van der Waals surface area contributed by atoms with Gasteiger partial charge < -0.3 is 29.4 Å². The van der Waals surface area contributed by atoms with Crippen molar-refractivity contribution < 1.29 is 41.0 Å². The number of amides is 2. The summed E-state index contributed by atoms with van der Waals surface area (Å²) in [6, 6.07) is 2.91. The van der Waals surface area contributed by atoms with Crippen molar-refractivity contribution in [2.75, 3.05) is 44.7 Å². The summed E-state index contributed by atoms with van der Waals surface area (Å²) in [5.74, 6) is -3.78. The van der Waals surface area contributed by atoms with Crippen molar-refractivity contribution in [1.82, 2.24) is 19.8 Å². The van der Waals surface area contributed by atoms with Gasteiger partial charge >= 0.3 is 12.2 Å². The molecule has 2 amide bonds. The zero-order valence-electron chi connectivity index (χ0n) is 24.1. The summed E-state index contributed by atoms with van der Waals surface area (Å²) in [4.78, 5) is 18.4. The molecule has 3 aromatic rings. The number of carbonyl (C=O) groups excluding carboxylic acids is 1. The molecule has 2 saturated heterocycles. The normalized spacial score (nSPS) is 16.7. The Hall–Kier alpha value is -3.27. The molecule has 2 aliphatic heterocycles. The van der Waals surface area contributed by atoms with Crippen LogP contribution < -0.4 is 15.4 Å². The van der Waals surface area contributed by atoms with E-state index in [0.717, 1.165) is 56.6 Å². The second-order valence-corrected chi connectivity index (χ2v) is 17.7. The quantitative estimate of drug-likeness (QED) is 0.153. The molecule has 0 saturated carbocycles. The molecule has 5 rings (SSSR count). The van der Waals surface area contributed by atoms with Gasteiger partial charge in [0.1, 0.15) is 18.1 Å². The first-order valence-electron chi connectivity index (χ1n) is 13.9. The fourth-order valence-corrected chi connectivity index (χ4v) is 5.79. The van der Waals surface area contributed by atoms with Crippen LogP contribution in [0.1, 0.15) is 12.0 Å². The topological polar surface area (TPSA) is 89.9 Å². The van der Waals surface area contributed by atoms with E-state index < -0.39 is 54.4 Å². The summed E-state index contributed by atoms with van der Waals surface area (Å²) < 4.78 is 89.7. The van der Waals surface area contributed by atoms with Crippen LogP contribution in [0.2, 0.25) is 25.7 Å². The van der Waals surface area contributed by atoms with Crippen molar-refractivity contribution in [3.8, 4) is 11.5 Å². The van der Waals surface area contributed by atoms with Gasteiger partial charge in [-0.05, 0) is 12.1 Å². The molecule has 2 N–H and O–H groups in total. The minimum atomic E-state index is -4.80. The highest BCUT2D eigenvalue weighted by Gasteiger charge is 2.48. The molecule has 1 spiro atoms. The van der Waals surface area contributed by atoms with Gasteiger partial charge in [-0.25, -0.2) is 18.6 Å². The molecule has 2 aliphatic rings. The first kappa shape index (κ1) is 31.2. The van der Waals surface area contributed by atoms with Crippen LogP contribution in [0.15, 0.2) is 30.6 Å². The van der Waals surface area contributed by atoms with Crippen molar-refractivity contribution in [2.45, 2.75) is 50.6 Å². The van der Waals surface area contributed by atoms with Crippen LogP contribution in [-0.4, -0.2) is 73.5 Å². The molecule has 4 heterocycles. The smallest absolute Gasteiger partial charge is 0.418 e. The van der Waals surface area contributed by atoms with Crippen LogP contribution in [0.4, 0.5) is 32.4 Å². The number of fused-ring (bicyclic) bond motifs is 1. The summed E-state index contributed by atoms with van der Waals surface area (Å²) in [5.41, 5.74) is -1.41. The number of anilines is 1. The molecule has 0 radical (unpaired) electrons. The number of halogens is 5. The summed E-state index contributed by atoms with van der Waals surface area (Å²) in [6.45, 7) is 9.94. The van der Waals surface area contributed by atoms with Gasteiger partial charge in [-0.3, -0.25) is 4.90 Å². The molecule has 234 valence electrons. The Kier molecular flexibility index (Phi) is 8.71. The Morgan fingerprint density at radius 3 is 2.49 bits per heavy atom. The number of nitrogens with zero attached hydrogens (tertiary/aromatic N) is 3. The van der Waals surface area contributed by atoms with E-state index in [0.29, 0.717) is 19.7 Å². The molecule has 9 nitrogen and oxygen atoms in total. The number of nitrogens with one attached hydrogen (secondary N) is 2. The lowest BCUT2D eigenvalue weighted by Crippen LogP contribution is -2.68. The number of likely N-dealkylation sites (tertiary alicyclic amines) is 1. The fraction of sp³-hybridized carbons (Fsp3) is 0.500. The number of rotatable bonds is 11. The highest BCUT2D eigenvalue weighted by atomic mass is 28.3. The lowest BCUT2D eigenvalue weighted by atomic mass is 9.86. The molecular weight excluding hydrogens is 593 g/mol. The molecule has 0 unspecified atom stereocenters. The van der Waals surface area contributed by atoms with E-state index in [1.54, 1.807) is 0 Å². The Balaban J connectivity index is 1.26. The minimum absolute atomic E-state index is 0.0249. The molecule has 0 aliphatic carbocycles. The number of ether oxygens (including phenoxy) is 3. The maximum Gasteiger partial charge on any atom is 0.418 e. The van der Waals surface area contributed by atoms with Gasteiger partial charge in [-0.15, -0.1) is 0 Å². The third-order valence-electron chi connectivity index (χ3n) is 7.42. The van der Waals surface area contributed by atoms with Crippen molar-refractivity contribution >= 4 is 30.8 Å². The minimum Gasteiger partial charge on any atom is -0.450 e. The van der Waals surface area contributed by atoms with Crippen molar-refractivity contribution in [3.05, 3.63) is 47.8 Å². The van der Waals surface area contributed by atoms with E-state index in [1.807, 2.05) is 0 Å². The van der Waals surface area contributed by atoms with Crippen LogP contribution in [0.5, 0.6) is 11.5 Å². The van der Waals surface area contributed by atoms with E-state index in [2.05, 4.69) is 40.2 Å². The zero-order chi connectivity index (χ0) is 31.0. The van der Waals surface area contributed by atoms with E-state index in [4.69, 9.17) is 14.2 Å². The number of hydrogen-bond acceptors (Lipinski definition) is 6. The molecule has 0 atom stereocenters. The maximum absolute atomic E-state index is 15.0. The number of pyridine rings is 1. The molecule has 2 aromatic heterocycles. The third-order valence-corrected chi connectivity index (χ3v) is 9.13. The van der Waals surface area contributed by atoms with E-state index in [-0.39, 0.29) is 23.7 Å². The van der Waals surface area contributed by atoms with Gasteiger partial charge in [0, 0.05) is 77.5 Å². The summed E-state index contributed by atoms with van der Waals surface area (Å²) in [7, 11) is -1.42. The highest BCUT2D eigenvalue weighted by molar-refractivity contribution is 6.76. The standard InChI is InChI=1S/C28H34F5N5O4Si/c1-43(2,3)11-10-40-17-38-14-19(28(31,32)33)23-22(4-6-34-25(23)38)42-24-20(29)12-18(13-21(24)30)36-26(39)35-7-8-37-15-27(16-37)5-9-41-27/h4,6,12-14H,5,7-11,15-17H2,1-3H3,(H2,35,36,39). The van der Waals surface area contributed by atoms with Crippen LogP contribution in [0.25, 0.3) is 11.0 Å². The number of urea groups is 1. The average molecular weight is 628 g/mol. The van der Waals surface area contributed by atoms with Crippen molar-refractivity contribution in [3.63, 3.8) is 0 Å². The van der Waals surface area contributed by atoms with E-state index in [1.165, 1.54) is 10.8 Å². The Labute approximate surface area is 246 Å². The number of hydrogen-bond donors (Lipinski definition) is 2. The second-order valence-electron chi connectivity index (χ2n) is 12.1. The molecule has 43 heavy (non-hydrogen) atoms. The van der Waals surface area contributed by atoms with Crippen LogP contribution in [0, 0.1) is 11.6 Å². The van der Waals surface area contributed by atoms with Gasteiger partial charge in [0.25, 0.3) is 0 Å². The number of alkyl halides is 3. The molecular formula is C28H34F5N5O4Si. The first-order chi connectivity index (χ1) is 20.2. The third kappa shape index (κ3) is 7.28. The van der Waals surface area contributed by atoms with E-state index >= 15 is 0 Å². The average Bonchev–Trinajstić information content (AvgIpc) is 3.24. The zero-order valence-corrected chi connectivity index (χ0v) is 25.1. The summed E-state index contributed by atoms with van der Waals surface area (Å²) >= 11 is 0. The Morgan fingerprint density at radius 1 is 1.19 bits per heavy atom. The van der Waals surface area contributed by atoms with Gasteiger partial charge in [0.15, 0.2) is 17.4 Å². The van der Waals surface area contributed by atoms with Crippen molar-refractivity contribution in [1.29, 1.82) is 0 Å². The van der Waals surface area contributed by atoms with Crippen LogP contribution in [-0.2, 0) is 22.4 Å². The monoisotopic (exact) mass is 627 g/mol. The maximum atomic E-state index is 15.0. The van der Waals surface area contributed by atoms with Crippen LogP contribution >= 0.6 is 0 Å². The Bertz CT molecular complexity index is 1460.